The van der Waals surface area contributed by atoms with E-state index in [0.717, 1.165) is 25.0 Å². The molecule has 0 amide bonds. The van der Waals surface area contributed by atoms with Crippen molar-refractivity contribution in [2.75, 3.05) is 13.7 Å². The predicted molar refractivity (Wildman–Crippen MR) is 63.4 cm³/mol. The van der Waals surface area contributed by atoms with Crippen LogP contribution in [0.25, 0.3) is 0 Å². The SMILES string of the molecule is COC(=O)C1=CC=CC(C2=CC=NCC2)C1. The second kappa shape index (κ2) is 4.92. The van der Waals surface area contributed by atoms with E-state index in [0.29, 0.717) is 5.92 Å². The van der Waals surface area contributed by atoms with Gasteiger partial charge in [0.25, 0.3) is 0 Å². The summed E-state index contributed by atoms with van der Waals surface area (Å²) in [6.07, 6.45) is 11.5. The molecule has 0 spiro atoms. The van der Waals surface area contributed by atoms with Crippen molar-refractivity contribution in [3.63, 3.8) is 0 Å². The third-order valence-corrected chi connectivity index (χ3v) is 2.93. The van der Waals surface area contributed by atoms with Crippen LogP contribution in [0.4, 0.5) is 0 Å². The molecule has 2 aliphatic rings. The molecule has 0 bridgehead atoms. The largest absolute Gasteiger partial charge is 0.466 e. The fourth-order valence-corrected chi connectivity index (χ4v) is 2.02. The number of hydrogen-bond donors (Lipinski definition) is 0. The van der Waals surface area contributed by atoms with E-state index < -0.39 is 0 Å². The summed E-state index contributed by atoms with van der Waals surface area (Å²) in [5.41, 5.74) is 2.10. The van der Waals surface area contributed by atoms with Crippen molar-refractivity contribution in [2.45, 2.75) is 12.8 Å². The zero-order valence-electron chi connectivity index (χ0n) is 9.35. The van der Waals surface area contributed by atoms with E-state index >= 15 is 0 Å². The first kappa shape index (κ1) is 10.9. The van der Waals surface area contributed by atoms with Gasteiger partial charge < -0.3 is 4.74 Å². The van der Waals surface area contributed by atoms with Crippen LogP contribution in [0.5, 0.6) is 0 Å². The van der Waals surface area contributed by atoms with Gasteiger partial charge >= 0.3 is 5.97 Å². The number of nitrogens with zero attached hydrogens (tertiary/aromatic N) is 1. The number of esters is 1. The van der Waals surface area contributed by atoms with Gasteiger partial charge in [-0.2, -0.15) is 0 Å². The van der Waals surface area contributed by atoms with Crippen molar-refractivity contribution in [1.82, 2.24) is 0 Å². The minimum atomic E-state index is -0.223. The molecular formula is C13H15NO2. The Kier molecular flexibility index (Phi) is 3.34. The number of hydrogen-bond acceptors (Lipinski definition) is 3. The Hall–Kier alpha value is -1.64. The zero-order chi connectivity index (χ0) is 11.4. The first-order valence-corrected chi connectivity index (χ1v) is 5.46. The molecular weight excluding hydrogens is 202 g/mol. The van der Waals surface area contributed by atoms with Gasteiger partial charge in [0.15, 0.2) is 0 Å². The molecule has 1 unspecified atom stereocenters. The van der Waals surface area contributed by atoms with Crippen molar-refractivity contribution in [2.24, 2.45) is 10.9 Å². The van der Waals surface area contributed by atoms with Crippen LogP contribution < -0.4 is 0 Å². The summed E-state index contributed by atoms with van der Waals surface area (Å²) >= 11 is 0. The monoisotopic (exact) mass is 217 g/mol. The Morgan fingerprint density at radius 1 is 1.50 bits per heavy atom. The van der Waals surface area contributed by atoms with E-state index in [4.69, 9.17) is 4.74 Å². The molecule has 84 valence electrons. The van der Waals surface area contributed by atoms with Crippen LogP contribution in [0.2, 0.25) is 0 Å². The quantitative estimate of drug-likeness (QED) is 0.664. The van der Waals surface area contributed by atoms with E-state index in [1.807, 2.05) is 18.4 Å². The van der Waals surface area contributed by atoms with Gasteiger partial charge in [0.2, 0.25) is 0 Å². The van der Waals surface area contributed by atoms with E-state index in [2.05, 4.69) is 17.1 Å². The van der Waals surface area contributed by atoms with Crippen LogP contribution in [0.1, 0.15) is 12.8 Å². The van der Waals surface area contributed by atoms with Gasteiger partial charge in [-0.3, -0.25) is 4.99 Å². The van der Waals surface area contributed by atoms with Crippen LogP contribution in [0.3, 0.4) is 0 Å². The maximum absolute atomic E-state index is 11.4. The van der Waals surface area contributed by atoms with Gasteiger partial charge in [0.1, 0.15) is 0 Å². The lowest BCUT2D eigenvalue weighted by Gasteiger charge is -2.21. The molecule has 1 aliphatic heterocycles. The molecule has 0 fully saturated rings. The summed E-state index contributed by atoms with van der Waals surface area (Å²) in [6.45, 7) is 0.855. The summed E-state index contributed by atoms with van der Waals surface area (Å²) < 4.78 is 4.74. The number of carbonyl (C=O) groups is 1. The fourth-order valence-electron chi connectivity index (χ4n) is 2.02. The molecule has 1 heterocycles. The number of rotatable bonds is 2. The molecule has 3 heteroatoms. The summed E-state index contributed by atoms with van der Waals surface area (Å²) in [7, 11) is 1.42. The minimum absolute atomic E-state index is 0.223. The molecule has 1 aliphatic carbocycles. The molecule has 0 saturated heterocycles. The van der Waals surface area contributed by atoms with Crippen molar-refractivity contribution in [3.05, 3.63) is 35.5 Å². The molecule has 0 radical (unpaired) electrons. The number of aliphatic imine (C=N–C) groups is 1. The van der Waals surface area contributed by atoms with Crippen molar-refractivity contribution < 1.29 is 9.53 Å². The molecule has 1 atom stereocenters. The molecule has 0 N–H and O–H groups in total. The van der Waals surface area contributed by atoms with E-state index in [1.165, 1.54) is 12.7 Å². The number of methoxy groups -OCH3 is 1. The smallest absolute Gasteiger partial charge is 0.333 e. The third kappa shape index (κ3) is 2.30. The number of allylic oxidation sites excluding steroid dienone is 4. The van der Waals surface area contributed by atoms with Gasteiger partial charge in [-0.1, -0.05) is 23.8 Å². The zero-order valence-corrected chi connectivity index (χ0v) is 9.35. The lowest BCUT2D eigenvalue weighted by atomic mass is 9.86. The van der Waals surface area contributed by atoms with Gasteiger partial charge in [-0.05, 0) is 18.9 Å². The highest BCUT2D eigenvalue weighted by Gasteiger charge is 2.20. The maximum atomic E-state index is 11.4. The Morgan fingerprint density at radius 2 is 2.38 bits per heavy atom. The Balaban J connectivity index is 2.08. The van der Waals surface area contributed by atoms with E-state index in [1.54, 1.807) is 0 Å². The highest BCUT2D eigenvalue weighted by atomic mass is 16.5. The highest BCUT2D eigenvalue weighted by Crippen LogP contribution is 2.28. The van der Waals surface area contributed by atoms with Crippen LogP contribution in [-0.2, 0) is 9.53 Å². The average molecular weight is 217 g/mol. The normalized spacial score (nSPS) is 23.7. The van der Waals surface area contributed by atoms with Crippen LogP contribution in [0.15, 0.2) is 40.4 Å². The molecule has 3 nitrogen and oxygen atoms in total. The lowest BCUT2D eigenvalue weighted by Crippen LogP contribution is -2.14. The predicted octanol–water partition coefficient (Wildman–Crippen LogP) is 2.06. The number of carbonyl (C=O) groups excluding carboxylic acids is 1. The summed E-state index contributed by atoms with van der Waals surface area (Å²) in [5, 5.41) is 0. The Labute approximate surface area is 95.2 Å². The first-order chi connectivity index (χ1) is 7.81. The second-order valence-corrected chi connectivity index (χ2v) is 3.93. The topological polar surface area (TPSA) is 38.7 Å². The van der Waals surface area contributed by atoms with Crippen molar-refractivity contribution >= 4 is 12.2 Å². The third-order valence-electron chi connectivity index (χ3n) is 2.93. The molecule has 16 heavy (non-hydrogen) atoms. The average Bonchev–Trinajstić information content (AvgIpc) is 2.39. The van der Waals surface area contributed by atoms with E-state index in [-0.39, 0.29) is 5.97 Å². The second-order valence-electron chi connectivity index (χ2n) is 3.93. The number of dihydropyridines is 1. The molecule has 0 aromatic rings. The van der Waals surface area contributed by atoms with Crippen LogP contribution in [-0.4, -0.2) is 25.8 Å². The minimum Gasteiger partial charge on any atom is -0.466 e. The fraction of sp³-hybridized carbons (Fsp3) is 0.385. The highest BCUT2D eigenvalue weighted by molar-refractivity contribution is 5.89. The summed E-state index contributed by atoms with van der Waals surface area (Å²) in [5.74, 6) is 0.102. The summed E-state index contributed by atoms with van der Waals surface area (Å²) in [4.78, 5) is 15.6. The van der Waals surface area contributed by atoms with Gasteiger partial charge in [0, 0.05) is 24.3 Å². The Morgan fingerprint density at radius 3 is 3.06 bits per heavy atom. The van der Waals surface area contributed by atoms with Crippen molar-refractivity contribution in [1.29, 1.82) is 0 Å². The van der Waals surface area contributed by atoms with Crippen LogP contribution >= 0.6 is 0 Å². The molecule has 2 rings (SSSR count). The number of ether oxygens (including phenoxy) is 1. The molecule has 0 aromatic heterocycles. The van der Waals surface area contributed by atoms with Crippen LogP contribution in [0, 0.1) is 5.92 Å². The van der Waals surface area contributed by atoms with Crippen molar-refractivity contribution in [3.8, 4) is 0 Å². The van der Waals surface area contributed by atoms with Gasteiger partial charge in [0.05, 0.1) is 7.11 Å². The standard InChI is InChI=1S/C13H15NO2/c1-16-13(15)12-4-2-3-11(9-12)10-5-7-14-8-6-10/h2-5,7,11H,6,8-9H2,1H3. The van der Waals surface area contributed by atoms with E-state index in [9.17, 15) is 4.79 Å². The summed E-state index contributed by atoms with van der Waals surface area (Å²) in [6, 6.07) is 0. The Bertz CT molecular complexity index is 402. The molecule has 0 aromatic carbocycles. The van der Waals surface area contributed by atoms with Gasteiger partial charge in [-0.15, -0.1) is 0 Å². The maximum Gasteiger partial charge on any atom is 0.333 e. The first-order valence-electron chi connectivity index (χ1n) is 5.46. The van der Waals surface area contributed by atoms with Gasteiger partial charge in [-0.25, -0.2) is 4.79 Å². The lowest BCUT2D eigenvalue weighted by molar-refractivity contribution is -0.136. The molecule has 0 saturated carbocycles.